The molecule has 8 nitrogen and oxygen atoms in total. The van der Waals surface area contributed by atoms with Crippen molar-refractivity contribution in [3.63, 3.8) is 0 Å². The summed E-state index contributed by atoms with van der Waals surface area (Å²) in [5.41, 5.74) is 0.370. The SMILES string of the molecule is CCOC(=O)C(C(=O)OCC)[C@H](CN=O)c1cnn(C)c1Cl. The van der Waals surface area contributed by atoms with E-state index in [1.807, 2.05) is 0 Å². The van der Waals surface area contributed by atoms with Gasteiger partial charge in [-0.3, -0.25) is 14.3 Å². The van der Waals surface area contributed by atoms with E-state index in [0.29, 0.717) is 5.56 Å². The van der Waals surface area contributed by atoms with E-state index in [4.69, 9.17) is 21.1 Å². The maximum Gasteiger partial charge on any atom is 0.321 e. The first-order valence-electron chi connectivity index (χ1n) is 6.77. The molecule has 1 heterocycles. The molecule has 0 unspecified atom stereocenters. The Morgan fingerprint density at radius 2 is 1.86 bits per heavy atom. The van der Waals surface area contributed by atoms with Gasteiger partial charge in [-0.15, -0.1) is 0 Å². The number of nitroso groups, excluding NO2 is 1. The predicted octanol–water partition coefficient (Wildman–Crippen LogP) is 1.67. The molecule has 1 rings (SSSR count). The highest BCUT2D eigenvalue weighted by Gasteiger charge is 2.40. The molecule has 0 fully saturated rings. The Morgan fingerprint density at radius 3 is 2.23 bits per heavy atom. The molecule has 0 amide bonds. The van der Waals surface area contributed by atoms with Crippen molar-refractivity contribution in [2.45, 2.75) is 19.8 Å². The van der Waals surface area contributed by atoms with E-state index in [1.165, 1.54) is 10.9 Å². The highest BCUT2D eigenvalue weighted by molar-refractivity contribution is 6.30. The lowest BCUT2D eigenvalue weighted by molar-refractivity contribution is -0.162. The van der Waals surface area contributed by atoms with Crippen LogP contribution >= 0.6 is 11.6 Å². The molecule has 0 aromatic carbocycles. The van der Waals surface area contributed by atoms with Crippen LogP contribution in [0.25, 0.3) is 0 Å². The predicted molar refractivity (Wildman–Crippen MR) is 78.4 cm³/mol. The van der Waals surface area contributed by atoms with Crippen LogP contribution in [0.15, 0.2) is 11.4 Å². The largest absolute Gasteiger partial charge is 0.465 e. The number of aromatic nitrogens is 2. The lowest BCUT2D eigenvalue weighted by Gasteiger charge is -2.21. The molecule has 0 N–H and O–H groups in total. The molecule has 1 aromatic rings. The van der Waals surface area contributed by atoms with Gasteiger partial charge in [0.2, 0.25) is 0 Å². The van der Waals surface area contributed by atoms with Gasteiger partial charge in [-0.1, -0.05) is 16.8 Å². The van der Waals surface area contributed by atoms with Crippen LogP contribution in [0.3, 0.4) is 0 Å². The van der Waals surface area contributed by atoms with Gasteiger partial charge < -0.3 is 9.47 Å². The average molecular weight is 332 g/mol. The molecule has 0 saturated heterocycles. The molecular weight excluding hydrogens is 314 g/mol. The van der Waals surface area contributed by atoms with Crippen molar-refractivity contribution < 1.29 is 19.1 Å². The van der Waals surface area contributed by atoms with Crippen molar-refractivity contribution in [3.8, 4) is 0 Å². The second-order valence-electron chi connectivity index (χ2n) is 4.41. The first-order chi connectivity index (χ1) is 10.5. The van der Waals surface area contributed by atoms with Crippen LogP contribution in [0.4, 0.5) is 0 Å². The minimum atomic E-state index is -1.32. The summed E-state index contributed by atoms with van der Waals surface area (Å²) in [6.45, 7) is 3.09. The molecule has 0 aliphatic rings. The third-order valence-corrected chi connectivity index (χ3v) is 3.51. The van der Waals surface area contributed by atoms with E-state index in [2.05, 4.69) is 10.3 Å². The van der Waals surface area contributed by atoms with Crippen molar-refractivity contribution in [2.75, 3.05) is 19.8 Å². The van der Waals surface area contributed by atoms with Gasteiger partial charge in [0.1, 0.15) is 5.15 Å². The van der Waals surface area contributed by atoms with Crippen LogP contribution in [-0.4, -0.2) is 41.5 Å². The Labute approximate surface area is 132 Å². The summed E-state index contributed by atoms with van der Waals surface area (Å²) < 4.78 is 11.2. The molecule has 0 radical (unpaired) electrons. The van der Waals surface area contributed by atoms with E-state index in [9.17, 15) is 14.5 Å². The summed E-state index contributed by atoms with van der Waals surface area (Å²) in [6, 6.07) is 0. The van der Waals surface area contributed by atoms with Gasteiger partial charge in [-0.2, -0.15) is 10.0 Å². The van der Waals surface area contributed by atoms with Crippen molar-refractivity contribution in [2.24, 2.45) is 18.1 Å². The fourth-order valence-corrected chi connectivity index (χ4v) is 2.27. The molecule has 0 bridgehead atoms. The molecule has 22 heavy (non-hydrogen) atoms. The molecule has 1 aromatic heterocycles. The van der Waals surface area contributed by atoms with Gasteiger partial charge in [0.25, 0.3) is 0 Å². The zero-order valence-electron chi connectivity index (χ0n) is 12.6. The van der Waals surface area contributed by atoms with Gasteiger partial charge >= 0.3 is 11.9 Å². The van der Waals surface area contributed by atoms with Crippen molar-refractivity contribution in [1.82, 2.24) is 9.78 Å². The number of aryl methyl sites for hydroxylation is 1. The quantitative estimate of drug-likeness (QED) is 0.408. The minimum absolute atomic E-state index is 0.0940. The summed E-state index contributed by atoms with van der Waals surface area (Å²) in [4.78, 5) is 35.0. The molecule has 0 spiro atoms. The van der Waals surface area contributed by atoms with Gasteiger partial charge in [0.05, 0.1) is 26.0 Å². The topological polar surface area (TPSA) is 99.8 Å². The van der Waals surface area contributed by atoms with Gasteiger partial charge in [0.15, 0.2) is 5.92 Å². The maximum absolute atomic E-state index is 12.1. The third kappa shape index (κ3) is 4.03. The zero-order chi connectivity index (χ0) is 16.7. The maximum atomic E-state index is 12.1. The van der Waals surface area contributed by atoms with Crippen LogP contribution in [0.1, 0.15) is 25.3 Å². The van der Waals surface area contributed by atoms with Crippen LogP contribution < -0.4 is 0 Å². The Morgan fingerprint density at radius 1 is 1.32 bits per heavy atom. The van der Waals surface area contributed by atoms with Gasteiger partial charge in [-0.05, 0) is 13.8 Å². The van der Waals surface area contributed by atoms with Crippen LogP contribution in [0.5, 0.6) is 0 Å². The van der Waals surface area contributed by atoms with E-state index in [0.717, 1.165) is 0 Å². The minimum Gasteiger partial charge on any atom is -0.465 e. The number of ether oxygens (including phenoxy) is 2. The number of carbonyl (C=O) groups excluding carboxylic acids is 2. The second-order valence-corrected chi connectivity index (χ2v) is 4.77. The third-order valence-electron chi connectivity index (χ3n) is 3.05. The number of hydrogen-bond donors (Lipinski definition) is 0. The first kappa shape index (κ1) is 18.1. The van der Waals surface area contributed by atoms with E-state index in [-0.39, 0.29) is 24.9 Å². The average Bonchev–Trinajstić information content (AvgIpc) is 2.79. The molecule has 0 saturated carbocycles. The van der Waals surface area contributed by atoms with Crippen molar-refractivity contribution in [3.05, 3.63) is 21.8 Å². The molecule has 0 aliphatic carbocycles. The number of rotatable bonds is 8. The summed E-state index contributed by atoms with van der Waals surface area (Å²) >= 11 is 6.10. The molecular formula is C13H18ClN3O5. The summed E-state index contributed by atoms with van der Waals surface area (Å²) in [6.07, 6.45) is 1.39. The zero-order valence-corrected chi connectivity index (χ0v) is 13.4. The van der Waals surface area contributed by atoms with E-state index >= 15 is 0 Å². The number of esters is 2. The van der Waals surface area contributed by atoms with Crippen LogP contribution in [-0.2, 0) is 26.1 Å². The normalized spacial score (nSPS) is 12.0. The van der Waals surface area contributed by atoms with Gasteiger partial charge in [-0.25, -0.2) is 0 Å². The molecule has 1 atom stereocenters. The van der Waals surface area contributed by atoms with E-state index in [1.54, 1.807) is 20.9 Å². The number of nitrogens with zero attached hydrogens (tertiary/aromatic N) is 3. The number of carbonyl (C=O) groups is 2. The highest BCUT2D eigenvalue weighted by Crippen LogP contribution is 2.32. The molecule has 9 heteroatoms. The Hall–Kier alpha value is -1.96. The number of halogens is 1. The second kappa shape index (κ2) is 8.47. The Balaban J connectivity index is 3.24. The van der Waals surface area contributed by atoms with Crippen LogP contribution in [0, 0.1) is 10.8 Å². The molecule has 122 valence electrons. The smallest absolute Gasteiger partial charge is 0.321 e. The highest BCUT2D eigenvalue weighted by atomic mass is 35.5. The summed E-state index contributed by atoms with van der Waals surface area (Å²) in [5.74, 6) is -3.78. The fraction of sp³-hybridized carbons (Fsp3) is 0.615. The summed E-state index contributed by atoms with van der Waals surface area (Å²) in [5, 5.41) is 6.97. The lowest BCUT2D eigenvalue weighted by Crippen LogP contribution is -2.34. The Bertz CT molecular complexity index is 528. The molecule has 0 aliphatic heterocycles. The standard InChI is InChI=1S/C13H18ClN3O5/c1-4-21-12(18)10(13(19)22-5-2)8(7-16-20)9-6-15-17(3)11(9)14/h6,8,10H,4-5,7H2,1-3H3/t8-/m1/s1. The van der Waals surface area contributed by atoms with Crippen LogP contribution in [0.2, 0.25) is 5.15 Å². The van der Waals surface area contributed by atoms with E-state index < -0.39 is 23.8 Å². The lowest BCUT2D eigenvalue weighted by atomic mass is 9.87. The summed E-state index contributed by atoms with van der Waals surface area (Å²) in [7, 11) is 1.60. The fourth-order valence-electron chi connectivity index (χ4n) is 2.04. The van der Waals surface area contributed by atoms with Crippen molar-refractivity contribution in [1.29, 1.82) is 0 Å². The first-order valence-corrected chi connectivity index (χ1v) is 7.15. The Kier molecular flexibility index (Phi) is 6.97. The van der Waals surface area contributed by atoms with Crippen molar-refractivity contribution >= 4 is 23.5 Å². The monoisotopic (exact) mass is 331 g/mol. The number of hydrogen-bond acceptors (Lipinski definition) is 7. The van der Waals surface area contributed by atoms with Gasteiger partial charge in [0, 0.05) is 18.5 Å².